The van der Waals surface area contributed by atoms with Gasteiger partial charge >= 0.3 is 0 Å². The molecule has 3 nitrogen and oxygen atoms in total. The minimum Gasteiger partial charge on any atom is -0.351 e. The van der Waals surface area contributed by atoms with Gasteiger partial charge in [0.25, 0.3) is 0 Å². The molecule has 1 aromatic rings. The molecule has 4 heteroatoms. The molecule has 0 heterocycles. The molecule has 1 aliphatic rings. The summed E-state index contributed by atoms with van der Waals surface area (Å²) in [5.41, 5.74) is 6.00. The quantitative estimate of drug-likeness (QED) is 0.899. The maximum Gasteiger partial charge on any atom is 0.244 e. The van der Waals surface area contributed by atoms with E-state index >= 15 is 0 Å². The Bertz CT molecular complexity index is 410. The van der Waals surface area contributed by atoms with Crippen LogP contribution in [0, 0.1) is 0 Å². The number of halogens is 1. The Labute approximate surface area is 110 Å². The van der Waals surface area contributed by atoms with Crippen LogP contribution in [0.15, 0.2) is 28.7 Å². The summed E-state index contributed by atoms with van der Waals surface area (Å²) in [7, 11) is 0. The third kappa shape index (κ3) is 2.69. The molecule has 0 aliphatic heterocycles. The molecule has 0 aromatic heterocycles. The predicted molar refractivity (Wildman–Crippen MR) is 71.5 cm³/mol. The Hall–Kier alpha value is -0.870. The first kappa shape index (κ1) is 12.6. The third-order valence-corrected chi connectivity index (χ3v) is 3.88. The van der Waals surface area contributed by atoms with E-state index in [1.807, 2.05) is 24.3 Å². The van der Waals surface area contributed by atoms with E-state index in [0.717, 1.165) is 22.9 Å². The molecule has 92 valence electrons. The number of hydrogen-bond acceptors (Lipinski definition) is 2. The van der Waals surface area contributed by atoms with Crippen molar-refractivity contribution >= 4 is 21.8 Å². The summed E-state index contributed by atoms with van der Waals surface area (Å²) in [5.74, 6) is -0.0930. The van der Waals surface area contributed by atoms with Crippen molar-refractivity contribution in [1.82, 2.24) is 5.32 Å². The summed E-state index contributed by atoms with van der Waals surface area (Å²) in [6, 6.07) is 7.88. The van der Waals surface area contributed by atoms with Gasteiger partial charge in [0.05, 0.1) is 0 Å². The Morgan fingerprint density at radius 1 is 1.41 bits per heavy atom. The molecule has 1 amide bonds. The van der Waals surface area contributed by atoms with Crippen LogP contribution >= 0.6 is 15.9 Å². The van der Waals surface area contributed by atoms with Gasteiger partial charge in [-0.05, 0) is 43.9 Å². The van der Waals surface area contributed by atoms with Crippen LogP contribution in [0.4, 0.5) is 0 Å². The van der Waals surface area contributed by atoms with Gasteiger partial charge in [-0.25, -0.2) is 0 Å². The first-order valence-corrected chi connectivity index (χ1v) is 6.65. The zero-order valence-corrected chi connectivity index (χ0v) is 11.5. The molecule has 1 aliphatic carbocycles. The molecule has 2 rings (SSSR count). The topological polar surface area (TPSA) is 55.1 Å². The van der Waals surface area contributed by atoms with Gasteiger partial charge in [-0.15, -0.1) is 0 Å². The van der Waals surface area contributed by atoms with Gasteiger partial charge in [-0.1, -0.05) is 28.1 Å². The number of nitrogens with one attached hydrogen (secondary N) is 1. The van der Waals surface area contributed by atoms with Crippen molar-refractivity contribution in [3.05, 3.63) is 34.3 Å². The summed E-state index contributed by atoms with van der Waals surface area (Å²) in [5, 5.41) is 2.99. The summed E-state index contributed by atoms with van der Waals surface area (Å²) in [6.45, 7) is 1.75. The molecule has 1 fully saturated rings. The summed E-state index contributed by atoms with van der Waals surface area (Å²) >= 11 is 3.37. The minimum atomic E-state index is -0.962. The second kappa shape index (κ2) is 4.78. The number of carbonyl (C=O) groups is 1. The lowest BCUT2D eigenvalue weighted by atomic mass is 9.89. The minimum absolute atomic E-state index is 0.0930. The van der Waals surface area contributed by atoms with Gasteiger partial charge < -0.3 is 11.1 Å². The lowest BCUT2D eigenvalue weighted by Gasteiger charge is -2.31. The van der Waals surface area contributed by atoms with Gasteiger partial charge in [0.2, 0.25) is 5.91 Å². The van der Waals surface area contributed by atoms with E-state index in [4.69, 9.17) is 5.73 Å². The van der Waals surface area contributed by atoms with Crippen molar-refractivity contribution in [2.75, 3.05) is 0 Å². The molecule has 1 aromatic carbocycles. The highest BCUT2D eigenvalue weighted by Gasteiger charge is 2.33. The van der Waals surface area contributed by atoms with E-state index in [9.17, 15) is 4.79 Å². The summed E-state index contributed by atoms with van der Waals surface area (Å²) < 4.78 is 0.983. The van der Waals surface area contributed by atoms with Crippen molar-refractivity contribution in [1.29, 1.82) is 0 Å². The Morgan fingerprint density at radius 3 is 2.47 bits per heavy atom. The number of amides is 1. The monoisotopic (exact) mass is 296 g/mol. The summed E-state index contributed by atoms with van der Waals surface area (Å²) in [4.78, 5) is 12.1. The number of hydrogen-bond donors (Lipinski definition) is 2. The molecule has 1 unspecified atom stereocenters. The number of rotatable bonds is 3. The number of nitrogens with two attached hydrogens (primary N) is 1. The molecular formula is C13H17BrN2O. The van der Waals surface area contributed by atoms with Gasteiger partial charge in [-0.3, -0.25) is 4.79 Å². The molecule has 0 spiro atoms. The van der Waals surface area contributed by atoms with Gasteiger partial charge in [-0.2, -0.15) is 0 Å². The molecule has 1 atom stereocenters. The van der Waals surface area contributed by atoms with Crippen LogP contribution in [-0.4, -0.2) is 11.9 Å². The lowest BCUT2D eigenvalue weighted by molar-refractivity contribution is -0.127. The van der Waals surface area contributed by atoms with Crippen LogP contribution < -0.4 is 11.1 Å². The average Bonchev–Trinajstić information content (AvgIpc) is 2.23. The maximum atomic E-state index is 12.1. The Morgan fingerprint density at radius 2 is 2.00 bits per heavy atom. The fourth-order valence-electron chi connectivity index (χ4n) is 1.82. The zero-order chi connectivity index (χ0) is 12.5. The molecule has 0 radical (unpaired) electrons. The van der Waals surface area contributed by atoms with E-state index in [2.05, 4.69) is 21.2 Å². The Kier molecular flexibility index (Phi) is 3.54. The third-order valence-electron chi connectivity index (χ3n) is 3.36. The van der Waals surface area contributed by atoms with Crippen LogP contribution in [0.3, 0.4) is 0 Å². The van der Waals surface area contributed by atoms with Gasteiger partial charge in [0.1, 0.15) is 5.54 Å². The van der Waals surface area contributed by atoms with Crippen LogP contribution in [0.2, 0.25) is 0 Å². The van der Waals surface area contributed by atoms with E-state index < -0.39 is 5.54 Å². The standard InChI is InChI=1S/C13H17BrN2O/c1-13(15,9-5-7-10(14)8-6-9)12(17)16-11-3-2-4-11/h5-8,11H,2-4,15H2,1H3,(H,16,17). The second-order valence-corrected chi connectivity index (χ2v) is 5.73. The van der Waals surface area contributed by atoms with Crippen molar-refractivity contribution in [2.24, 2.45) is 5.73 Å². The smallest absolute Gasteiger partial charge is 0.244 e. The normalized spacial score (nSPS) is 19.2. The van der Waals surface area contributed by atoms with E-state index in [0.29, 0.717) is 6.04 Å². The molecular weight excluding hydrogens is 280 g/mol. The van der Waals surface area contributed by atoms with Crippen LogP contribution in [0.25, 0.3) is 0 Å². The van der Waals surface area contributed by atoms with Crippen LogP contribution in [0.5, 0.6) is 0 Å². The molecule has 1 saturated carbocycles. The molecule has 17 heavy (non-hydrogen) atoms. The highest BCUT2D eigenvalue weighted by atomic mass is 79.9. The van der Waals surface area contributed by atoms with Crippen molar-refractivity contribution in [3.8, 4) is 0 Å². The Balaban J connectivity index is 2.10. The number of carbonyl (C=O) groups excluding carboxylic acids is 1. The van der Waals surface area contributed by atoms with E-state index in [1.54, 1.807) is 6.92 Å². The average molecular weight is 297 g/mol. The first-order valence-electron chi connectivity index (χ1n) is 5.86. The fourth-order valence-corrected chi connectivity index (χ4v) is 2.08. The van der Waals surface area contributed by atoms with Crippen LogP contribution in [0.1, 0.15) is 31.7 Å². The zero-order valence-electron chi connectivity index (χ0n) is 9.87. The lowest BCUT2D eigenvalue weighted by Crippen LogP contribution is -2.53. The fraction of sp³-hybridized carbons (Fsp3) is 0.462. The second-order valence-electron chi connectivity index (χ2n) is 4.81. The summed E-state index contributed by atoms with van der Waals surface area (Å²) in [6.07, 6.45) is 3.34. The first-order chi connectivity index (χ1) is 8.00. The SMILES string of the molecule is CC(N)(C(=O)NC1CCC1)c1ccc(Br)cc1. The number of benzene rings is 1. The highest BCUT2D eigenvalue weighted by Crippen LogP contribution is 2.23. The van der Waals surface area contributed by atoms with Crippen molar-refractivity contribution in [2.45, 2.75) is 37.8 Å². The van der Waals surface area contributed by atoms with Crippen molar-refractivity contribution in [3.63, 3.8) is 0 Å². The van der Waals surface area contributed by atoms with Crippen LogP contribution in [-0.2, 0) is 10.3 Å². The maximum absolute atomic E-state index is 12.1. The van der Waals surface area contributed by atoms with Gasteiger partial charge in [0, 0.05) is 10.5 Å². The highest BCUT2D eigenvalue weighted by molar-refractivity contribution is 9.10. The molecule has 0 bridgehead atoms. The van der Waals surface area contributed by atoms with E-state index in [-0.39, 0.29) is 5.91 Å². The predicted octanol–water partition coefficient (Wildman–Crippen LogP) is 2.29. The molecule has 0 saturated heterocycles. The molecule has 3 N–H and O–H groups in total. The van der Waals surface area contributed by atoms with Crippen molar-refractivity contribution < 1.29 is 4.79 Å². The van der Waals surface area contributed by atoms with E-state index in [1.165, 1.54) is 6.42 Å². The largest absolute Gasteiger partial charge is 0.351 e. The van der Waals surface area contributed by atoms with Gasteiger partial charge in [0.15, 0.2) is 0 Å².